The SMILES string of the molecule is O=C1NC(c2cc(Cl)cc(Cl)c2O)Nc2sc3c(c21)CCCC3. The van der Waals surface area contributed by atoms with Crippen molar-refractivity contribution in [3.05, 3.63) is 43.7 Å². The van der Waals surface area contributed by atoms with Crippen molar-refractivity contribution < 1.29 is 9.90 Å². The van der Waals surface area contributed by atoms with E-state index < -0.39 is 6.17 Å². The lowest BCUT2D eigenvalue weighted by Gasteiger charge is -2.27. The van der Waals surface area contributed by atoms with Gasteiger partial charge in [0, 0.05) is 15.5 Å². The van der Waals surface area contributed by atoms with Crippen LogP contribution in [0.25, 0.3) is 0 Å². The Balaban J connectivity index is 1.76. The zero-order valence-electron chi connectivity index (χ0n) is 12.1. The molecule has 7 heteroatoms. The maximum Gasteiger partial charge on any atom is 0.256 e. The topological polar surface area (TPSA) is 61.4 Å². The van der Waals surface area contributed by atoms with E-state index in [0.717, 1.165) is 29.8 Å². The maximum absolute atomic E-state index is 12.6. The predicted molar refractivity (Wildman–Crippen MR) is 92.9 cm³/mol. The fraction of sp³-hybridized carbons (Fsp3) is 0.312. The maximum atomic E-state index is 12.6. The van der Waals surface area contributed by atoms with Gasteiger partial charge in [-0.25, -0.2) is 0 Å². The van der Waals surface area contributed by atoms with Crippen molar-refractivity contribution in [2.24, 2.45) is 0 Å². The molecular formula is C16H14Cl2N2O2S. The number of phenols is 1. The highest BCUT2D eigenvalue weighted by molar-refractivity contribution is 7.16. The molecule has 4 nitrogen and oxygen atoms in total. The first-order valence-corrected chi connectivity index (χ1v) is 9.01. The van der Waals surface area contributed by atoms with E-state index >= 15 is 0 Å². The molecule has 1 aromatic carbocycles. The van der Waals surface area contributed by atoms with Crippen LogP contribution in [0.15, 0.2) is 12.1 Å². The second-order valence-corrected chi connectivity index (χ2v) is 7.74. The smallest absolute Gasteiger partial charge is 0.256 e. The monoisotopic (exact) mass is 368 g/mol. The van der Waals surface area contributed by atoms with Crippen LogP contribution in [0.4, 0.5) is 5.00 Å². The summed E-state index contributed by atoms with van der Waals surface area (Å²) in [4.78, 5) is 13.9. The highest BCUT2D eigenvalue weighted by Gasteiger charge is 2.33. The minimum absolute atomic E-state index is 0.0707. The van der Waals surface area contributed by atoms with Gasteiger partial charge in [-0.1, -0.05) is 23.2 Å². The van der Waals surface area contributed by atoms with Gasteiger partial charge >= 0.3 is 0 Å². The Bertz CT molecular complexity index is 819. The molecule has 0 bridgehead atoms. The number of rotatable bonds is 1. The third kappa shape index (κ3) is 2.47. The van der Waals surface area contributed by atoms with Gasteiger partial charge in [-0.2, -0.15) is 0 Å². The summed E-state index contributed by atoms with van der Waals surface area (Å²) in [6.45, 7) is 0. The largest absolute Gasteiger partial charge is 0.506 e. The number of phenolic OH excluding ortho intramolecular Hbond substituents is 1. The number of amides is 1. The van der Waals surface area contributed by atoms with Gasteiger partial charge in [0.15, 0.2) is 0 Å². The molecule has 0 radical (unpaired) electrons. The van der Waals surface area contributed by atoms with Crippen molar-refractivity contribution in [2.45, 2.75) is 31.8 Å². The number of nitrogens with one attached hydrogen (secondary N) is 2. The summed E-state index contributed by atoms with van der Waals surface area (Å²) in [7, 11) is 0. The molecule has 2 aromatic rings. The molecule has 1 aromatic heterocycles. The zero-order valence-corrected chi connectivity index (χ0v) is 14.4. The lowest BCUT2D eigenvalue weighted by atomic mass is 9.94. The van der Waals surface area contributed by atoms with Gasteiger partial charge in [-0.05, 0) is 43.4 Å². The fourth-order valence-corrected chi connectivity index (χ4v) is 5.06. The quantitative estimate of drug-likeness (QED) is 0.694. The van der Waals surface area contributed by atoms with Gasteiger partial charge in [0.1, 0.15) is 16.9 Å². The number of anilines is 1. The van der Waals surface area contributed by atoms with Crippen LogP contribution in [0.3, 0.4) is 0 Å². The Labute approximate surface area is 147 Å². The first-order valence-electron chi connectivity index (χ1n) is 7.44. The summed E-state index contributed by atoms with van der Waals surface area (Å²) in [5.74, 6) is -0.183. The third-order valence-electron chi connectivity index (χ3n) is 4.32. The minimum Gasteiger partial charge on any atom is -0.506 e. The molecule has 1 aliphatic heterocycles. The number of aromatic hydroxyl groups is 1. The van der Waals surface area contributed by atoms with Crippen LogP contribution in [-0.2, 0) is 12.8 Å². The minimum atomic E-state index is -0.550. The van der Waals surface area contributed by atoms with Crippen LogP contribution in [-0.4, -0.2) is 11.0 Å². The second-order valence-electron chi connectivity index (χ2n) is 5.79. The molecule has 0 spiro atoms. The molecule has 3 N–H and O–H groups in total. The van der Waals surface area contributed by atoms with Gasteiger partial charge in [0.05, 0.1) is 10.6 Å². The normalized spacial score (nSPS) is 19.6. The van der Waals surface area contributed by atoms with Crippen molar-refractivity contribution in [1.82, 2.24) is 5.32 Å². The van der Waals surface area contributed by atoms with Crippen molar-refractivity contribution in [3.63, 3.8) is 0 Å². The van der Waals surface area contributed by atoms with Gasteiger partial charge in [-0.3, -0.25) is 4.79 Å². The Morgan fingerprint density at radius 3 is 2.78 bits per heavy atom. The highest BCUT2D eigenvalue weighted by atomic mass is 35.5. The molecule has 1 amide bonds. The van der Waals surface area contributed by atoms with Crippen molar-refractivity contribution in [1.29, 1.82) is 0 Å². The average Bonchev–Trinajstić information content (AvgIpc) is 2.89. The molecule has 2 aliphatic rings. The van der Waals surface area contributed by atoms with Crippen LogP contribution >= 0.6 is 34.5 Å². The highest BCUT2D eigenvalue weighted by Crippen LogP contribution is 2.43. The van der Waals surface area contributed by atoms with Crippen molar-refractivity contribution >= 4 is 45.4 Å². The number of aryl methyl sites for hydroxylation is 1. The number of thiophene rings is 1. The van der Waals surface area contributed by atoms with Crippen LogP contribution in [0.1, 0.15) is 45.4 Å². The summed E-state index contributed by atoms with van der Waals surface area (Å²) >= 11 is 13.6. The summed E-state index contributed by atoms with van der Waals surface area (Å²) < 4.78 is 0. The zero-order chi connectivity index (χ0) is 16.1. The summed E-state index contributed by atoms with van der Waals surface area (Å²) in [6.07, 6.45) is 3.72. The first-order chi connectivity index (χ1) is 11.0. The molecule has 1 unspecified atom stereocenters. The van der Waals surface area contributed by atoms with E-state index in [0.29, 0.717) is 10.6 Å². The van der Waals surface area contributed by atoms with Gasteiger partial charge in [0.25, 0.3) is 5.91 Å². The van der Waals surface area contributed by atoms with Crippen molar-refractivity contribution in [3.8, 4) is 5.75 Å². The van der Waals surface area contributed by atoms with E-state index in [1.54, 1.807) is 17.4 Å². The molecule has 1 aliphatic carbocycles. The number of carbonyl (C=O) groups is 1. The molecule has 0 fully saturated rings. The van der Waals surface area contributed by atoms with E-state index in [2.05, 4.69) is 10.6 Å². The Kier molecular flexibility index (Phi) is 3.67. The molecule has 0 saturated carbocycles. The van der Waals surface area contributed by atoms with E-state index in [-0.39, 0.29) is 16.7 Å². The average molecular weight is 369 g/mol. The van der Waals surface area contributed by atoms with E-state index in [1.165, 1.54) is 22.9 Å². The van der Waals surface area contributed by atoms with Gasteiger partial charge in [-0.15, -0.1) is 11.3 Å². The van der Waals surface area contributed by atoms with Gasteiger partial charge < -0.3 is 15.7 Å². The van der Waals surface area contributed by atoms with E-state index in [1.807, 2.05) is 0 Å². The van der Waals surface area contributed by atoms with Crippen LogP contribution in [0.5, 0.6) is 5.75 Å². The summed E-state index contributed by atoms with van der Waals surface area (Å²) in [6, 6.07) is 3.08. The molecule has 4 rings (SSSR count). The van der Waals surface area contributed by atoms with Crippen LogP contribution < -0.4 is 10.6 Å². The second kappa shape index (κ2) is 5.58. The van der Waals surface area contributed by atoms with Gasteiger partial charge in [0.2, 0.25) is 0 Å². The summed E-state index contributed by atoms with van der Waals surface area (Å²) in [5.41, 5.74) is 2.40. The van der Waals surface area contributed by atoms with Crippen LogP contribution in [0, 0.1) is 0 Å². The molecule has 0 saturated heterocycles. The number of benzene rings is 1. The number of halogens is 2. The molecule has 2 heterocycles. The lowest BCUT2D eigenvalue weighted by molar-refractivity contribution is 0.0935. The van der Waals surface area contributed by atoms with E-state index in [9.17, 15) is 9.90 Å². The molecular weight excluding hydrogens is 355 g/mol. The summed E-state index contributed by atoms with van der Waals surface area (Å²) in [5, 5.41) is 17.8. The third-order valence-corrected chi connectivity index (χ3v) is 6.05. The molecule has 1 atom stereocenters. The van der Waals surface area contributed by atoms with Crippen molar-refractivity contribution in [2.75, 3.05) is 5.32 Å². The number of carbonyl (C=O) groups excluding carboxylic acids is 1. The first kappa shape index (κ1) is 15.1. The Hall–Kier alpha value is -1.43. The lowest BCUT2D eigenvalue weighted by Crippen LogP contribution is -2.38. The Morgan fingerprint density at radius 1 is 1.17 bits per heavy atom. The Morgan fingerprint density at radius 2 is 1.96 bits per heavy atom. The van der Waals surface area contributed by atoms with Crippen LogP contribution in [0.2, 0.25) is 10.0 Å². The van der Waals surface area contributed by atoms with E-state index in [4.69, 9.17) is 23.2 Å². The fourth-order valence-electron chi connectivity index (χ4n) is 3.24. The standard InChI is InChI=1S/C16H14Cl2N2O2S/c17-7-5-9(13(21)10(18)6-7)14-19-15(22)12-8-3-1-2-4-11(8)23-16(12)20-14/h5-6,14,20-21H,1-4H2,(H,19,22). The predicted octanol–water partition coefficient (Wildman–Crippen LogP) is 4.49. The number of fused-ring (bicyclic) bond motifs is 3. The molecule has 23 heavy (non-hydrogen) atoms. The number of hydrogen-bond donors (Lipinski definition) is 3. The number of hydrogen-bond acceptors (Lipinski definition) is 4. The molecule has 120 valence electrons.